The maximum Gasteiger partial charge on any atom is 0.157 e. The lowest BCUT2D eigenvalue weighted by atomic mass is 10.2. The molecule has 2 rings (SSSR count). The number of aliphatic imine (C=N–C) groups is 1. The van der Waals surface area contributed by atoms with E-state index in [2.05, 4.69) is 51.5 Å². The van der Waals surface area contributed by atoms with Crippen LogP contribution in [0.5, 0.6) is 0 Å². The van der Waals surface area contributed by atoms with Crippen molar-refractivity contribution in [2.24, 2.45) is 4.99 Å². The Morgan fingerprint density at radius 1 is 1.56 bits per heavy atom. The van der Waals surface area contributed by atoms with Crippen molar-refractivity contribution in [3.63, 3.8) is 0 Å². The van der Waals surface area contributed by atoms with E-state index in [1.165, 1.54) is 15.8 Å². The SMILES string of the molecule is CC1CC(C)SC(=NCc2sccc2Br)N1. The first-order valence-corrected chi connectivity index (χ1v) is 7.90. The largest absolute Gasteiger partial charge is 0.362 e. The van der Waals surface area contributed by atoms with Crippen molar-refractivity contribution < 1.29 is 0 Å². The van der Waals surface area contributed by atoms with Crippen molar-refractivity contribution >= 4 is 44.2 Å². The summed E-state index contributed by atoms with van der Waals surface area (Å²) in [5.41, 5.74) is 0. The Bertz CT molecular complexity index is 377. The summed E-state index contributed by atoms with van der Waals surface area (Å²) in [6, 6.07) is 2.62. The van der Waals surface area contributed by atoms with Gasteiger partial charge in [0.1, 0.15) is 0 Å². The zero-order valence-corrected chi connectivity index (χ0v) is 12.6. The molecule has 0 bridgehead atoms. The van der Waals surface area contributed by atoms with Crippen LogP contribution in [0.3, 0.4) is 0 Å². The average molecular weight is 319 g/mol. The molecule has 1 fully saturated rings. The van der Waals surface area contributed by atoms with Crippen molar-refractivity contribution in [3.8, 4) is 0 Å². The van der Waals surface area contributed by atoms with Crippen molar-refractivity contribution in [1.82, 2.24) is 5.32 Å². The van der Waals surface area contributed by atoms with Gasteiger partial charge in [-0.3, -0.25) is 4.99 Å². The van der Waals surface area contributed by atoms with Crippen LogP contribution in [0.4, 0.5) is 0 Å². The van der Waals surface area contributed by atoms with E-state index >= 15 is 0 Å². The molecule has 16 heavy (non-hydrogen) atoms. The lowest BCUT2D eigenvalue weighted by molar-refractivity contribution is 0.597. The molecule has 0 aliphatic carbocycles. The fourth-order valence-electron chi connectivity index (χ4n) is 1.70. The third kappa shape index (κ3) is 3.25. The molecule has 5 heteroatoms. The highest BCUT2D eigenvalue weighted by Crippen LogP contribution is 2.26. The van der Waals surface area contributed by atoms with E-state index in [1.807, 2.05) is 11.8 Å². The summed E-state index contributed by atoms with van der Waals surface area (Å²) in [4.78, 5) is 5.93. The molecule has 1 aliphatic heterocycles. The van der Waals surface area contributed by atoms with Crippen LogP contribution in [0.25, 0.3) is 0 Å². The van der Waals surface area contributed by atoms with Gasteiger partial charge in [-0.25, -0.2) is 0 Å². The Labute approximate surface area is 113 Å². The van der Waals surface area contributed by atoms with E-state index in [-0.39, 0.29) is 0 Å². The van der Waals surface area contributed by atoms with Crippen molar-refractivity contribution in [2.45, 2.75) is 38.1 Å². The summed E-state index contributed by atoms with van der Waals surface area (Å²) in [5.74, 6) is 0. The smallest absolute Gasteiger partial charge is 0.157 e. The Balaban J connectivity index is 1.99. The Morgan fingerprint density at radius 2 is 2.38 bits per heavy atom. The second kappa shape index (κ2) is 5.56. The fraction of sp³-hybridized carbons (Fsp3) is 0.545. The molecule has 2 unspecified atom stereocenters. The molecular weight excluding hydrogens is 304 g/mol. The van der Waals surface area contributed by atoms with Crippen LogP contribution in [0, 0.1) is 0 Å². The molecule has 0 radical (unpaired) electrons. The first-order chi connectivity index (χ1) is 7.65. The lowest BCUT2D eigenvalue weighted by Crippen LogP contribution is -2.38. The molecule has 2 atom stereocenters. The zero-order chi connectivity index (χ0) is 11.5. The van der Waals surface area contributed by atoms with Crippen LogP contribution in [0.1, 0.15) is 25.1 Å². The maximum absolute atomic E-state index is 4.64. The molecular formula is C11H15BrN2S2. The predicted molar refractivity (Wildman–Crippen MR) is 77.4 cm³/mol. The van der Waals surface area contributed by atoms with Crippen LogP contribution in [0.15, 0.2) is 20.9 Å². The number of thiophene rings is 1. The predicted octanol–water partition coefficient (Wildman–Crippen LogP) is 3.87. The minimum Gasteiger partial charge on any atom is -0.362 e. The Morgan fingerprint density at radius 3 is 3.00 bits per heavy atom. The number of rotatable bonds is 2. The Kier molecular flexibility index (Phi) is 4.33. The van der Waals surface area contributed by atoms with Gasteiger partial charge in [-0.05, 0) is 40.7 Å². The molecule has 1 N–H and O–H groups in total. The maximum atomic E-state index is 4.64. The number of halogens is 1. The van der Waals surface area contributed by atoms with Gasteiger partial charge in [-0.2, -0.15) is 0 Å². The van der Waals surface area contributed by atoms with E-state index in [4.69, 9.17) is 0 Å². The molecule has 2 heterocycles. The van der Waals surface area contributed by atoms with E-state index in [1.54, 1.807) is 11.3 Å². The summed E-state index contributed by atoms with van der Waals surface area (Å²) >= 11 is 7.12. The second-order valence-corrected chi connectivity index (χ2v) is 7.30. The van der Waals surface area contributed by atoms with Crippen LogP contribution < -0.4 is 5.32 Å². The molecule has 0 saturated carbocycles. The Hall–Kier alpha value is -0.0000000000000000555. The monoisotopic (exact) mass is 318 g/mol. The van der Waals surface area contributed by atoms with E-state index in [0.29, 0.717) is 11.3 Å². The van der Waals surface area contributed by atoms with Gasteiger partial charge in [-0.15, -0.1) is 11.3 Å². The van der Waals surface area contributed by atoms with Crippen molar-refractivity contribution in [2.75, 3.05) is 0 Å². The fourth-order valence-corrected chi connectivity index (χ4v) is 4.28. The highest BCUT2D eigenvalue weighted by molar-refractivity contribution is 9.10. The summed E-state index contributed by atoms with van der Waals surface area (Å²) in [6.07, 6.45) is 1.21. The third-order valence-corrected chi connectivity index (χ3v) is 5.40. The minimum atomic E-state index is 0.543. The number of nitrogens with zero attached hydrogens (tertiary/aromatic N) is 1. The van der Waals surface area contributed by atoms with Crippen LogP contribution in [0.2, 0.25) is 0 Å². The van der Waals surface area contributed by atoms with E-state index in [0.717, 1.165) is 11.7 Å². The summed E-state index contributed by atoms with van der Waals surface area (Å²) < 4.78 is 1.17. The number of nitrogens with one attached hydrogen (secondary N) is 1. The standard InChI is InChI=1S/C11H15BrN2S2/c1-7-5-8(2)16-11(14-7)13-6-10-9(12)3-4-15-10/h3-4,7-8H,5-6H2,1-2H3,(H,13,14). The van der Waals surface area contributed by atoms with Gasteiger partial charge in [0.15, 0.2) is 5.17 Å². The molecule has 88 valence electrons. The van der Waals surface area contributed by atoms with Crippen molar-refractivity contribution in [3.05, 3.63) is 20.8 Å². The summed E-state index contributed by atoms with van der Waals surface area (Å²) in [6.45, 7) is 5.25. The summed E-state index contributed by atoms with van der Waals surface area (Å²) in [7, 11) is 0. The number of thioether (sulfide) groups is 1. The lowest BCUT2D eigenvalue weighted by Gasteiger charge is -2.26. The average Bonchev–Trinajstić information content (AvgIpc) is 2.59. The van der Waals surface area contributed by atoms with E-state index in [9.17, 15) is 0 Å². The van der Waals surface area contributed by atoms with Gasteiger partial charge in [0.25, 0.3) is 0 Å². The van der Waals surface area contributed by atoms with Gasteiger partial charge >= 0.3 is 0 Å². The molecule has 1 aromatic heterocycles. The van der Waals surface area contributed by atoms with Crippen LogP contribution in [-0.4, -0.2) is 16.5 Å². The first-order valence-electron chi connectivity index (χ1n) is 5.34. The second-order valence-electron chi connectivity index (χ2n) is 4.02. The highest BCUT2D eigenvalue weighted by Gasteiger charge is 2.19. The molecule has 1 saturated heterocycles. The van der Waals surface area contributed by atoms with Crippen molar-refractivity contribution in [1.29, 1.82) is 0 Å². The van der Waals surface area contributed by atoms with Gasteiger partial charge in [0.2, 0.25) is 0 Å². The summed E-state index contributed by atoms with van der Waals surface area (Å²) in [5, 5.41) is 7.28. The molecule has 0 aromatic carbocycles. The highest BCUT2D eigenvalue weighted by atomic mass is 79.9. The molecule has 0 spiro atoms. The van der Waals surface area contributed by atoms with Crippen LogP contribution in [-0.2, 0) is 6.54 Å². The van der Waals surface area contributed by atoms with Gasteiger partial charge in [0, 0.05) is 20.6 Å². The number of amidine groups is 1. The zero-order valence-electron chi connectivity index (χ0n) is 9.37. The molecule has 2 nitrogen and oxygen atoms in total. The van der Waals surface area contributed by atoms with E-state index < -0.39 is 0 Å². The number of hydrogen-bond donors (Lipinski definition) is 1. The normalized spacial score (nSPS) is 28.1. The first kappa shape index (κ1) is 12.5. The molecule has 1 aromatic rings. The minimum absolute atomic E-state index is 0.543. The van der Waals surface area contributed by atoms with Gasteiger partial charge in [-0.1, -0.05) is 18.7 Å². The van der Waals surface area contributed by atoms with Gasteiger partial charge < -0.3 is 5.32 Å². The molecule has 0 amide bonds. The quantitative estimate of drug-likeness (QED) is 0.895. The topological polar surface area (TPSA) is 24.4 Å². The third-order valence-electron chi connectivity index (χ3n) is 2.43. The number of hydrogen-bond acceptors (Lipinski definition) is 3. The van der Waals surface area contributed by atoms with Crippen LogP contribution >= 0.6 is 39.0 Å². The molecule has 1 aliphatic rings. The van der Waals surface area contributed by atoms with Gasteiger partial charge in [0.05, 0.1) is 6.54 Å².